The topological polar surface area (TPSA) is 3.24 Å². The van der Waals surface area contributed by atoms with Gasteiger partial charge in [0.1, 0.15) is 0 Å². The third-order valence-corrected chi connectivity index (χ3v) is 3.44. The average Bonchev–Trinajstić information content (AvgIpc) is 2.04. The predicted molar refractivity (Wildman–Crippen MR) is 52.2 cm³/mol. The maximum atomic E-state index is 2.68. The van der Waals surface area contributed by atoms with E-state index in [0.29, 0.717) is 0 Å². The van der Waals surface area contributed by atoms with Crippen molar-refractivity contribution in [1.82, 2.24) is 4.90 Å². The minimum absolute atomic E-state index is 1.03. The van der Waals surface area contributed by atoms with Crippen molar-refractivity contribution in [2.75, 3.05) is 19.6 Å². The van der Waals surface area contributed by atoms with E-state index < -0.39 is 0 Å². The maximum Gasteiger partial charge on any atom is 0.000986 e. The van der Waals surface area contributed by atoms with Gasteiger partial charge in [0, 0.05) is 6.54 Å². The zero-order valence-electron chi connectivity index (χ0n) is 8.26. The van der Waals surface area contributed by atoms with E-state index in [9.17, 15) is 0 Å². The van der Waals surface area contributed by atoms with Gasteiger partial charge in [0.15, 0.2) is 0 Å². The van der Waals surface area contributed by atoms with E-state index in [1.54, 1.807) is 0 Å². The van der Waals surface area contributed by atoms with Gasteiger partial charge in [-0.2, -0.15) is 0 Å². The standard InChI is InChI=1S/C11H21N/c1-10-7-11(8-10)9-12-5-3-2-4-6-12/h10-11H,2-9H2,1H3. The largest absolute Gasteiger partial charge is 0.303 e. The Kier molecular flexibility index (Phi) is 2.69. The van der Waals surface area contributed by atoms with Crippen molar-refractivity contribution in [2.45, 2.75) is 39.0 Å². The summed E-state index contributed by atoms with van der Waals surface area (Å²) in [7, 11) is 0. The smallest absolute Gasteiger partial charge is 0.000986 e. The fraction of sp³-hybridized carbons (Fsp3) is 1.00. The third kappa shape index (κ3) is 2.01. The molecule has 0 unspecified atom stereocenters. The molecule has 0 spiro atoms. The quantitative estimate of drug-likeness (QED) is 0.611. The van der Waals surface area contributed by atoms with E-state index in [1.165, 1.54) is 51.7 Å². The lowest BCUT2D eigenvalue weighted by Gasteiger charge is -2.38. The van der Waals surface area contributed by atoms with Crippen molar-refractivity contribution >= 4 is 0 Å². The van der Waals surface area contributed by atoms with Gasteiger partial charge >= 0.3 is 0 Å². The highest BCUT2D eigenvalue weighted by Gasteiger charge is 2.27. The van der Waals surface area contributed by atoms with E-state index in [0.717, 1.165) is 11.8 Å². The van der Waals surface area contributed by atoms with Gasteiger partial charge in [-0.25, -0.2) is 0 Å². The molecule has 1 heteroatoms. The predicted octanol–water partition coefficient (Wildman–Crippen LogP) is 2.52. The van der Waals surface area contributed by atoms with Crippen LogP contribution in [0.25, 0.3) is 0 Å². The molecule has 0 N–H and O–H groups in total. The van der Waals surface area contributed by atoms with Gasteiger partial charge in [0.25, 0.3) is 0 Å². The van der Waals surface area contributed by atoms with Crippen LogP contribution in [0.5, 0.6) is 0 Å². The fourth-order valence-electron chi connectivity index (χ4n) is 2.73. The molecule has 1 saturated heterocycles. The average molecular weight is 167 g/mol. The molecule has 2 rings (SSSR count). The third-order valence-electron chi connectivity index (χ3n) is 3.44. The molecular formula is C11H21N. The zero-order chi connectivity index (χ0) is 8.39. The van der Waals surface area contributed by atoms with Crippen LogP contribution in [0.1, 0.15) is 39.0 Å². The molecule has 0 radical (unpaired) electrons. The van der Waals surface area contributed by atoms with Crippen LogP contribution < -0.4 is 0 Å². The number of rotatable bonds is 2. The van der Waals surface area contributed by atoms with Crippen LogP contribution in [-0.4, -0.2) is 24.5 Å². The van der Waals surface area contributed by atoms with Crippen molar-refractivity contribution in [3.05, 3.63) is 0 Å². The van der Waals surface area contributed by atoms with E-state index in [-0.39, 0.29) is 0 Å². The summed E-state index contributed by atoms with van der Waals surface area (Å²) >= 11 is 0. The summed E-state index contributed by atoms with van der Waals surface area (Å²) in [5, 5.41) is 0. The Hall–Kier alpha value is -0.0400. The van der Waals surface area contributed by atoms with Crippen LogP contribution in [0.2, 0.25) is 0 Å². The van der Waals surface area contributed by atoms with Crippen LogP contribution >= 0.6 is 0 Å². The molecular weight excluding hydrogens is 146 g/mol. The molecule has 0 aromatic heterocycles. The van der Waals surface area contributed by atoms with E-state index >= 15 is 0 Å². The van der Waals surface area contributed by atoms with Gasteiger partial charge in [-0.15, -0.1) is 0 Å². The second kappa shape index (κ2) is 3.78. The first-order chi connectivity index (χ1) is 5.84. The molecule has 0 aromatic carbocycles. The molecule has 1 heterocycles. The number of hydrogen-bond donors (Lipinski definition) is 0. The summed E-state index contributed by atoms with van der Waals surface area (Å²) in [4.78, 5) is 2.68. The van der Waals surface area contributed by atoms with Crippen LogP contribution in [0.3, 0.4) is 0 Å². The first-order valence-corrected chi connectivity index (χ1v) is 5.57. The first kappa shape index (κ1) is 8.55. The van der Waals surface area contributed by atoms with E-state index in [2.05, 4.69) is 11.8 Å². The van der Waals surface area contributed by atoms with Gasteiger partial charge in [-0.05, 0) is 50.6 Å². The SMILES string of the molecule is CC1CC(CN2CCCCC2)C1. The number of likely N-dealkylation sites (tertiary alicyclic amines) is 1. The highest BCUT2D eigenvalue weighted by atomic mass is 15.1. The van der Waals surface area contributed by atoms with Crippen LogP contribution in [0.15, 0.2) is 0 Å². The molecule has 0 amide bonds. The van der Waals surface area contributed by atoms with Crippen LogP contribution in [-0.2, 0) is 0 Å². The van der Waals surface area contributed by atoms with Crippen molar-refractivity contribution in [1.29, 1.82) is 0 Å². The second-order valence-electron chi connectivity index (χ2n) is 4.80. The Morgan fingerprint density at radius 3 is 2.33 bits per heavy atom. The molecule has 0 aromatic rings. The summed E-state index contributed by atoms with van der Waals surface area (Å²) in [6, 6.07) is 0. The van der Waals surface area contributed by atoms with Gasteiger partial charge in [-0.3, -0.25) is 0 Å². The highest BCUT2D eigenvalue weighted by molar-refractivity contribution is 4.79. The minimum Gasteiger partial charge on any atom is -0.303 e. The molecule has 1 saturated carbocycles. The van der Waals surface area contributed by atoms with Gasteiger partial charge in [0.2, 0.25) is 0 Å². The van der Waals surface area contributed by atoms with Gasteiger partial charge in [-0.1, -0.05) is 13.3 Å². The molecule has 70 valence electrons. The van der Waals surface area contributed by atoms with E-state index in [1.807, 2.05) is 0 Å². The number of piperidine rings is 1. The lowest BCUT2D eigenvalue weighted by atomic mass is 9.76. The van der Waals surface area contributed by atoms with Gasteiger partial charge in [0.05, 0.1) is 0 Å². The Labute approximate surface area is 76.1 Å². The zero-order valence-corrected chi connectivity index (χ0v) is 8.26. The second-order valence-corrected chi connectivity index (χ2v) is 4.80. The molecule has 2 fully saturated rings. The lowest BCUT2D eigenvalue weighted by molar-refractivity contribution is 0.120. The monoisotopic (exact) mass is 167 g/mol. The lowest BCUT2D eigenvalue weighted by Crippen LogP contribution is -2.38. The summed E-state index contributed by atoms with van der Waals surface area (Å²) in [6.07, 6.45) is 7.36. The number of hydrogen-bond acceptors (Lipinski definition) is 1. The summed E-state index contributed by atoms with van der Waals surface area (Å²) in [5.41, 5.74) is 0. The molecule has 2 aliphatic rings. The molecule has 1 aliphatic heterocycles. The minimum atomic E-state index is 1.03. The van der Waals surface area contributed by atoms with Crippen LogP contribution in [0.4, 0.5) is 0 Å². The van der Waals surface area contributed by atoms with Crippen molar-refractivity contribution in [3.63, 3.8) is 0 Å². The Balaban J connectivity index is 1.65. The summed E-state index contributed by atoms with van der Waals surface area (Å²) in [5.74, 6) is 2.08. The molecule has 1 aliphatic carbocycles. The Bertz CT molecular complexity index is 132. The van der Waals surface area contributed by atoms with Gasteiger partial charge < -0.3 is 4.90 Å². The maximum absolute atomic E-state index is 2.68. The summed E-state index contributed by atoms with van der Waals surface area (Å²) < 4.78 is 0. The normalized spacial score (nSPS) is 37.8. The van der Waals surface area contributed by atoms with Crippen molar-refractivity contribution in [2.24, 2.45) is 11.8 Å². The molecule has 0 bridgehead atoms. The van der Waals surface area contributed by atoms with Crippen LogP contribution in [0, 0.1) is 11.8 Å². The first-order valence-electron chi connectivity index (χ1n) is 5.57. The van der Waals surface area contributed by atoms with Crippen molar-refractivity contribution < 1.29 is 0 Å². The highest BCUT2D eigenvalue weighted by Crippen LogP contribution is 2.33. The van der Waals surface area contributed by atoms with E-state index in [4.69, 9.17) is 0 Å². The molecule has 1 nitrogen and oxygen atoms in total. The number of nitrogens with zero attached hydrogens (tertiary/aromatic N) is 1. The Morgan fingerprint density at radius 2 is 1.75 bits per heavy atom. The molecule has 0 atom stereocenters. The fourth-order valence-corrected chi connectivity index (χ4v) is 2.73. The summed E-state index contributed by atoms with van der Waals surface area (Å²) in [6.45, 7) is 6.55. The molecule has 12 heavy (non-hydrogen) atoms. The van der Waals surface area contributed by atoms with Crippen molar-refractivity contribution in [3.8, 4) is 0 Å². The Morgan fingerprint density at radius 1 is 1.08 bits per heavy atom.